The van der Waals surface area contributed by atoms with Gasteiger partial charge in [0.05, 0.1) is 0 Å². The minimum atomic E-state index is -0.694. The van der Waals surface area contributed by atoms with Crippen molar-refractivity contribution in [1.29, 1.82) is 0 Å². The number of amides is 1. The maximum atomic E-state index is 11.8. The zero-order chi connectivity index (χ0) is 13.7. The molecule has 0 bridgehead atoms. The van der Waals surface area contributed by atoms with Crippen LogP contribution in [0.4, 0.5) is 0 Å². The molecule has 1 heterocycles. The van der Waals surface area contributed by atoms with E-state index in [0.717, 1.165) is 0 Å². The number of rotatable bonds is 4. The van der Waals surface area contributed by atoms with E-state index >= 15 is 0 Å². The molecule has 1 aromatic carbocycles. The molecule has 0 aliphatic rings. The van der Waals surface area contributed by atoms with Gasteiger partial charge in [-0.2, -0.15) is 0 Å². The third-order valence-corrected chi connectivity index (χ3v) is 2.45. The van der Waals surface area contributed by atoms with Crippen LogP contribution in [-0.2, 0) is 0 Å². The second kappa shape index (κ2) is 5.70. The molecule has 0 fully saturated rings. The molecule has 0 atom stereocenters. The number of carbonyl (C=O) groups is 1. The minimum Gasteiger partial charge on any atom is -0.422 e. The van der Waals surface area contributed by atoms with E-state index in [-0.39, 0.29) is 18.7 Å². The van der Waals surface area contributed by atoms with Crippen molar-refractivity contribution in [1.82, 2.24) is 5.32 Å². The first kappa shape index (κ1) is 12.7. The molecule has 0 radical (unpaired) electrons. The Morgan fingerprint density at radius 2 is 2.21 bits per heavy atom. The van der Waals surface area contributed by atoms with Gasteiger partial charge in [0.25, 0.3) is 5.91 Å². The van der Waals surface area contributed by atoms with Crippen LogP contribution in [0.2, 0.25) is 0 Å². The second-order valence-corrected chi connectivity index (χ2v) is 3.70. The maximum Gasteiger partial charge on any atom is 0.349 e. The first-order chi connectivity index (χ1) is 9.22. The Hall–Kier alpha value is -2.79. The molecule has 0 spiro atoms. The Morgan fingerprint density at radius 1 is 1.42 bits per heavy atom. The van der Waals surface area contributed by atoms with Crippen LogP contribution in [0.3, 0.4) is 0 Å². The van der Waals surface area contributed by atoms with Crippen molar-refractivity contribution in [2.45, 2.75) is 0 Å². The maximum absolute atomic E-state index is 11.8. The fourth-order valence-corrected chi connectivity index (χ4v) is 1.58. The number of azide groups is 1. The van der Waals surface area contributed by atoms with Crippen LogP contribution in [0.15, 0.2) is 44.7 Å². The van der Waals surface area contributed by atoms with Gasteiger partial charge in [-0.15, -0.1) is 0 Å². The van der Waals surface area contributed by atoms with E-state index in [4.69, 9.17) is 9.95 Å². The highest BCUT2D eigenvalue weighted by molar-refractivity contribution is 5.96. The Morgan fingerprint density at radius 3 is 3.00 bits per heavy atom. The van der Waals surface area contributed by atoms with E-state index in [2.05, 4.69) is 15.3 Å². The van der Waals surface area contributed by atoms with Crippen molar-refractivity contribution in [3.8, 4) is 0 Å². The highest BCUT2D eigenvalue weighted by Gasteiger charge is 2.12. The predicted octanol–water partition coefficient (Wildman–Crippen LogP) is 1.83. The molecule has 1 N–H and O–H groups in total. The first-order valence-electron chi connectivity index (χ1n) is 5.54. The van der Waals surface area contributed by atoms with Gasteiger partial charge in [-0.05, 0) is 17.7 Å². The zero-order valence-corrected chi connectivity index (χ0v) is 9.87. The molecule has 96 valence electrons. The van der Waals surface area contributed by atoms with Crippen molar-refractivity contribution < 1.29 is 9.21 Å². The van der Waals surface area contributed by atoms with Crippen LogP contribution in [0.5, 0.6) is 0 Å². The summed E-state index contributed by atoms with van der Waals surface area (Å²) in [5.74, 6) is -0.548. The Labute approximate surface area is 107 Å². The average Bonchev–Trinajstić information content (AvgIpc) is 2.42. The van der Waals surface area contributed by atoms with Gasteiger partial charge in [-0.1, -0.05) is 23.3 Å². The highest BCUT2D eigenvalue weighted by Crippen LogP contribution is 2.12. The normalized spacial score (nSPS) is 9.89. The summed E-state index contributed by atoms with van der Waals surface area (Å²) in [6.07, 6.45) is 0. The third kappa shape index (κ3) is 2.91. The van der Waals surface area contributed by atoms with Crippen LogP contribution in [0.25, 0.3) is 21.4 Å². The van der Waals surface area contributed by atoms with Gasteiger partial charge in [0.1, 0.15) is 11.1 Å². The molecule has 7 heteroatoms. The fraction of sp³-hybridized carbons (Fsp3) is 0.167. The Kier molecular flexibility index (Phi) is 3.80. The first-order valence-corrected chi connectivity index (χ1v) is 5.54. The number of carbonyl (C=O) groups excluding carboxylic acids is 1. The van der Waals surface area contributed by atoms with Crippen molar-refractivity contribution in [3.05, 3.63) is 56.8 Å². The number of benzene rings is 1. The van der Waals surface area contributed by atoms with Crippen LogP contribution in [-0.4, -0.2) is 19.0 Å². The van der Waals surface area contributed by atoms with Gasteiger partial charge in [0.15, 0.2) is 0 Å². The molecule has 0 saturated heterocycles. The largest absolute Gasteiger partial charge is 0.422 e. The van der Waals surface area contributed by atoms with Crippen LogP contribution < -0.4 is 10.9 Å². The van der Waals surface area contributed by atoms with E-state index < -0.39 is 11.5 Å². The number of nitrogens with zero attached hydrogens (tertiary/aromatic N) is 3. The lowest BCUT2D eigenvalue weighted by Crippen LogP contribution is -2.30. The van der Waals surface area contributed by atoms with Gasteiger partial charge >= 0.3 is 5.63 Å². The standard InChI is InChI=1S/C12H10N4O3/c13-16-15-6-5-14-11(17)9-7-8-3-1-2-4-10(8)19-12(9)18/h1-4,7H,5-6H2,(H,14,17). The Balaban J connectivity index is 2.24. The summed E-state index contributed by atoms with van der Waals surface area (Å²) in [5.41, 5.74) is 7.76. The lowest BCUT2D eigenvalue weighted by atomic mass is 10.2. The highest BCUT2D eigenvalue weighted by atomic mass is 16.4. The summed E-state index contributed by atoms with van der Waals surface area (Å²) in [5, 5.41) is 6.42. The van der Waals surface area contributed by atoms with Crippen molar-refractivity contribution in [2.75, 3.05) is 13.1 Å². The molecule has 0 saturated carbocycles. The van der Waals surface area contributed by atoms with Crippen LogP contribution in [0.1, 0.15) is 10.4 Å². The summed E-state index contributed by atoms with van der Waals surface area (Å²) in [4.78, 5) is 26.0. The van der Waals surface area contributed by atoms with Crippen molar-refractivity contribution >= 4 is 16.9 Å². The SMILES string of the molecule is [N-]=[N+]=NCCNC(=O)c1cc2ccccc2oc1=O. The molecule has 19 heavy (non-hydrogen) atoms. The smallest absolute Gasteiger partial charge is 0.349 e. The number of fused-ring (bicyclic) bond motifs is 1. The molecule has 2 aromatic rings. The molecule has 0 aliphatic heterocycles. The van der Waals surface area contributed by atoms with Crippen LogP contribution >= 0.6 is 0 Å². The molecule has 1 amide bonds. The minimum absolute atomic E-state index is 0.0698. The van der Waals surface area contributed by atoms with Gasteiger partial charge < -0.3 is 9.73 Å². The second-order valence-electron chi connectivity index (χ2n) is 3.70. The molecule has 1 aromatic heterocycles. The Bertz CT molecular complexity index is 716. The van der Waals surface area contributed by atoms with Gasteiger partial charge in [-0.25, -0.2) is 4.79 Å². The summed E-state index contributed by atoms with van der Waals surface area (Å²) in [7, 11) is 0. The topological polar surface area (TPSA) is 108 Å². The number of hydrogen-bond acceptors (Lipinski definition) is 4. The van der Waals surface area contributed by atoms with E-state index in [1.54, 1.807) is 24.3 Å². The number of hydrogen-bond donors (Lipinski definition) is 1. The monoisotopic (exact) mass is 258 g/mol. The fourth-order valence-electron chi connectivity index (χ4n) is 1.58. The lowest BCUT2D eigenvalue weighted by molar-refractivity contribution is 0.0951. The number of nitrogens with one attached hydrogen (secondary N) is 1. The number of para-hydroxylation sites is 1. The molecule has 2 rings (SSSR count). The molecular weight excluding hydrogens is 248 g/mol. The summed E-state index contributed by atoms with van der Waals surface area (Å²) in [6, 6.07) is 8.40. The van der Waals surface area contributed by atoms with Gasteiger partial charge in [-0.3, -0.25) is 4.79 Å². The van der Waals surface area contributed by atoms with Gasteiger partial charge in [0, 0.05) is 23.4 Å². The lowest BCUT2D eigenvalue weighted by Gasteiger charge is -2.03. The molecule has 0 unspecified atom stereocenters. The van der Waals surface area contributed by atoms with E-state index in [1.807, 2.05) is 0 Å². The molecular formula is C12H10N4O3. The van der Waals surface area contributed by atoms with E-state index in [1.165, 1.54) is 6.07 Å². The zero-order valence-electron chi connectivity index (χ0n) is 9.87. The van der Waals surface area contributed by atoms with Crippen molar-refractivity contribution in [2.24, 2.45) is 5.11 Å². The predicted molar refractivity (Wildman–Crippen MR) is 68.8 cm³/mol. The average molecular weight is 258 g/mol. The summed E-state index contributed by atoms with van der Waals surface area (Å²) < 4.78 is 5.04. The molecule has 0 aliphatic carbocycles. The van der Waals surface area contributed by atoms with E-state index in [9.17, 15) is 9.59 Å². The third-order valence-electron chi connectivity index (χ3n) is 2.45. The quantitative estimate of drug-likeness (QED) is 0.297. The molecule has 7 nitrogen and oxygen atoms in total. The summed E-state index contributed by atoms with van der Waals surface area (Å²) in [6.45, 7) is 0.288. The van der Waals surface area contributed by atoms with Crippen molar-refractivity contribution in [3.63, 3.8) is 0 Å². The van der Waals surface area contributed by atoms with Gasteiger partial charge in [0.2, 0.25) is 0 Å². The van der Waals surface area contributed by atoms with E-state index in [0.29, 0.717) is 11.0 Å². The summed E-state index contributed by atoms with van der Waals surface area (Å²) >= 11 is 0. The van der Waals surface area contributed by atoms with Crippen LogP contribution in [0, 0.1) is 0 Å².